The van der Waals surface area contributed by atoms with Crippen molar-refractivity contribution in [3.63, 3.8) is 0 Å². The highest BCUT2D eigenvalue weighted by atomic mass is 19.1. The Kier molecular flexibility index (Phi) is 6.27. The number of hydrogen-bond donors (Lipinski definition) is 1. The molecule has 0 bridgehead atoms. The molecule has 1 aliphatic heterocycles. The van der Waals surface area contributed by atoms with E-state index in [0.717, 1.165) is 6.07 Å². The number of rotatable bonds is 6. The molecule has 0 radical (unpaired) electrons. The fourth-order valence-electron chi connectivity index (χ4n) is 3.76. The number of nitrogens with zero attached hydrogens (tertiary/aromatic N) is 4. The topological polar surface area (TPSA) is 110 Å². The molecule has 0 atom stereocenters. The zero-order chi connectivity index (χ0) is 23.5. The van der Waals surface area contributed by atoms with E-state index in [2.05, 4.69) is 10.3 Å². The molecule has 4 rings (SSSR count). The Labute approximate surface area is 188 Å². The van der Waals surface area contributed by atoms with Crippen LogP contribution in [0.15, 0.2) is 47.4 Å². The minimum atomic E-state index is -0.602. The number of hydrogen-bond acceptors (Lipinski definition) is 7. The summed E-state index contributed by atoms with van der Waals surface area (Å²) in [5.74, 6) is -0.952. The number of benzene rings is 1. The molecular formula is C23H22FN5O4. The number of allylic oxidation sites excluding steroid dienone is 1. The van der Waals surface area contributed by atoms with Crippen molar-refractivity contribution in [2.75, 3.05) is 31.1 Å². The maximum atomic E-state index is 14.9. The number of ketones is 1. The molecule has 0 aliphatic carbocycles. The van der Waals surface area contributed by atoms with E-state index >= 15 is 0 Å². The molecule has 170 valence electrons. The standard InChI is InChI=1S/C23H22FN5O4/c1-2-27-14-18(20(30)8-5-15-3-6-16(7-4-15)29(32)33)21(31)17-13-19(24)23(26-22(17)27)28-11-9-25-10-12-28/h3-8,13-14,25H,2,9-12H2,1H3. The van der Waals surface area contributed by atoms with Crippen LogP contribution in [0.3, 0.4) is 0 Å². The predicted octanol–water partition coefficient (Wildman–Crippen LogP) is 2.77. The molecule has 1 aliphatic rings. The first-order valence-corrected chi connectivity index (χ1v) is 10.5. The molecule has 9 nitrogen and oxygen atoms in total. The molecule has 1 fully saturated rings. The molecule has 1 N–H and O–H groups in total. The van der Waals surface area contributed by atoms with Gasteiger partial charge >= 0.3 is 0 Å². The van der Waals surface area contributed by atoms with Crippen molar-refractivity contribution in [1.29, 1.82) is 0 Å². The molecule has 3 aromatic rings. The van der Waals surface area contributed by atoms with Crippen molar-refractivity contribution < 1.29 is 14.1 Å². The maximum absolute atomic E-state index is 14.9. The molecule has 3 heterocycles. The van der Waals surface area contributed by atoms with Crippen molar-refractivity contribution in [1.82, 2.24) is 14.9 Å². The van der Waals surface area contributed by atoms with E-state index in [1.54, 1.807) is 4.57 Å². The molecule has 1 saturated heterocycles. The Morgan fingerprint density at radius 2 is 1.97 bits per heavy atom. The normalized spacial score (nSPS) is 14.2. The fourth-order valence-corrected chi connectivity index (χ4v) is 3.76. The molecule has 33 heavy (non-hydrogen) atoms. The summed E-state index contributed by atoms with van der Waals surface area (Å²) in [6.45, 7) is 4.93. The summed E-state index contributed by atoms with van der Waals surface area (Å²) in [5.41, 5.74) is 0.144. The van der Waals surface area contributed by atoms with Crippen molar-refractivity contribution >= 4 is 34.4 Å². The Morgan fingerprint density at radius 1 is 1.27 bits per heavy atom. The number of halogens is 1. The number of piperazine rings is 1. The van der Waals surface area contributed by atoms with Gasteiger partial charge in [0, 0.05) is 51.1 Å². The maximum Gasteiger partial charge on any atom is 0.269 e. The van der Waals surface area contributed by atoms with E-state index in [1.165, 1.54) is 42.6 Å². The van der Waals surface area contributed by atoms with Crippen molar-refractivity contribution in [2.24, 2.45) is 0 Å². The lowest BCUT2D eigenvalue weighted by atomic mass is 10.1. The van der Waals surface area contributed by atoms with Crippen LogP contribution in [-0.4, -0.2) is 46.4 Å². The fraction of sp³-hybridized carbons (Fsp3) is 0.261. The van der Waals surface area contributed by atoms with E-state index < -0.39 is 22.0 Å². The monoisotopic (exact) mass is 451 g/mol. The van der Waals surface area contributed by atoms with Gasteiger partial charge in [-0.25, -0.2) is 9.37 Å². The van der Waals surface area contributed by atoms with Gasteiger partial charge in [-0.05, 0) is 36.8 Å². The van der Waals surface area contributed by atoms with Crippen molar-refractivity contribution in [3.8, 4) is 0 Å². The third-order valence-electron chi connectivity index (χ3n) is 5.54. The van der Waals surface area contributed by atoms with Gasteiger partial charge in [0.15, 0.2) is 17.4 Å². The first-order chi connectivity index (χ1) is 15.9. The number of pyridine rings is 2. The lowest BCUT2D eigenvalue weighted by Crippen LogP contribution is -2.44. The Hall–Kier alpha value is -3.92. The van der Waals surface area contributed by atoms with E-state index in [1.807, 2.05) is 11.8 Å². The number of nitro groups is 1. The molecule has 0 saturated carbocycles. The number of aromatic nitrogens is 2. The van der Waals surface area contributed by atoms with Gasteiger partial charge in [-0.2, -0.15) is 0 Å². The summed E-state index contributed by atoms with van der Waals surface area (Å²) < 4.78 is 16.6. The zero-order valence-electron chi connectivity index (χ0n) is 18.0. The molecule has 2 aromatic heterocycles. The summed E-state index contributed by atoms with van der Waals surface area (Å²) in [6, 6.07) is 6.82. The third-order valence-corrected chi connectivity index (χ3v) is 5.54. The largest absolute Gasteiger partial charge is 0.352 e. The van der Waals surface area contributed by atoms with Crippen molar-refractivity contribution in [2.45, 2.75) is 13.5 Å². The van der Waals surface area contributed by atoms with Crippen LogP contribution in [0.4, 0.5) is 15.9 Å². The quantitative estimate of drug-likeness (QED) is 0.266. The van der Waals surface area contributed by atoms with Crippen LogP contribution >= 0.6 is 0 Å². The second kappa shape index (κ2) is 9.29. The van der Waals surface area contributed by atoms with Crippen LogP contribution in [0.5, 0.6) is 0 Å². The van der Waals surface area contributed by atoms with Gasteiger partial charge in [-0.3, -0.25) is 19.7 Å². The number of nitro benzene ring substituents is 1. The second-order valence-electron chi connectivity index (χ2n) is 7.61. The molecule has 0 amide bonds. The summed E-state index contributed by atoms with van der Waals surface area (Å²) >= 11 is 0. The highest BCUT2D eigenvalue weighted by molar-refractivity contribution is 6.08. The Bertz CT molecular complexity index is 1310. The van der Waals surface area contributed by atoms with E-state index in [-0.39, 0.29) is 22.5 Å². The van der Waals surface area contributed by atoms with Crippen LogP contribution in [-0.2, 0) is 6.54 Å². The first-order valence-electron chi connectivity index (χ1n) is 10.5. The van der Waals surface area contributed by atoms with E-state index in [0.29, 0.717) is 43.9 Å². The highest BCUT2D eigenvalue weighted by Crippen LogP contribution is 2.22. The third kappa shape index (κ3) is 4.51. The van der Waals surface area contributed by atoms with E-state index in [9.17, 15) is 24.1 Å². The minimum Gasteiger partial charge on any atom is -0.352 e. The van der Waals surface area contributed by atoms with Crippen LogP contribution in [0.1, 0.15) is 22.8 Å². The number of anilines is 1. The van der Waals surface area contributed by atoms with Gasteiger partial charge in [0.05, 0.1) is 15.9 Å². The molecular weight excluding hydrogens is 429 g/mol. The van der Waals surface area contributed by atoms with Gasteiger partial charge < -0.3 is 14.8 Å². The van der Waals surface area contributed by atoms with Gasteiger partial charge in [0.25, 0.3) is 5.69 Å². The van der Waals surface area contributed by atoms with Crippen LogP contribution < -0.4 is 15.6 Å². The van der Waals surface area contributed by atoms with Gasteiger partial charge in [0.2, 0.25) is 5.43 Å². The number of carbonyl (C=O) groups excluding carboxylic acids is 1. The molecule has 0 spiro atoms. The molecule has 1 aromatic carbocycles. The average Bonchev–Trinajstić information content (AvgIpc) is 2.83. The zero-order valence-corrected chi connectivity index (χ0v) is 18.0. The summed E-state index contributed by atoms with van der Waals surface area (Å²) in [6.07, 6.45) is 4.14. The first kappa shape index (κ1) is 22.3. The average molecular weight is 451 g/mol. The number of carbonyl (C=O) groups is 1. The predicted molar refractivity (Wildman–Crippen MR) is 123 cm³/mol. The summed E-state index contributed by atoms with van der Waals surface area (Å²) in [4.78, 5) is 42.4. The summed E-state index contributed by atoms with van der Waals surface area (Å²) in [5, 5.41) is 14.0. The summed E-state index contributed by atoms with van der Waals surface area (Å²) in [7, 11) is 0. The van der Waals surface area contributed by atoms with Gasteiger partial charge in [-0.1, -0.05) is 6.08 Å². The second-order valence-corrected chi connectivity index (χ2v) is 7.61. The van der Waals surface area contributed by atoms with Crippen LogP contribution in [0.25, 0.3) is 17.1 Å². The Balaban J connectivity index is 1.70. The van der Waals surface area contributed by atoms with Gasteiger partial charge in [-0.15, -0.1) is 0 Å². The smallest absolute Gasteiger partial charge is 0.269 e. The van der Waals surface area contributed by atoms with Crippen LogP contribution in [0, 0.1) is 15.9 Å². The Morgan fingerprint density at radius 3 is 2.61 bits per heavy atom. The highest BCUT2D eigenvalue weighted by Gasteiger charge is 2.21. The molecule has 10 heteroatoms. The lowest BCUT2D eigenvalue weighted by molar-refractivity contribution is -0.384. The van der Waals surface area contributed by atoms with E-state index in [4.69, 9.17) is 0 Å². The SMILES string of the molecule is CCn1cc(C(=O)C=Cc2ccc([N+](=O)[O-])cc2)c(=O)c2cc(F)c(N3CCNCC3)nc21. The minimum absolute atomic E-state index is 0.0443. The lowest BCUT2D eigenvalue weighted by Gasteiger charge is -2.29. The number of fused-ring (bicyclic) bond motifs is 1. The molecule has 0 unspecified atom stereocenters. The number of nitrogens with one attached hydrogen (secondary N) is 1. The van der Waals surface area contributed by atoms with Gasteiger partial charge in [0.1, 0.15) is 5.65 Å². The van der Waals surface area contributed by atoms with Crippen LogP contribution in [0.2, 0.25) is 0 Å². The number of non-ortho nitro benzene ring substituents is 1. The number of aryl methyl sites for hydroxylation is 1. The van der Waals surface area contributed by atoms with Crippen molar-refractivity contribution in [3.05, 3.63) is 79.9 Å².